The minimum absolute atomic E-state index is 0.131. The molecule has 3 aromatic rings. The Morgan fingerprint density at radius 3 is 2.35 bits per heavy atom. The first-order valence-electron chi connectivity index (χ1n) is 8.34. The maximum Gasteiger partial charge on any atom is 0.166 e. The van der Waals surface area contributed by atoms with Gasteiger partial charge in [0.2, 0.25) is 0 Å². The van der Waals surface area contributed by atoms with E-state index in [1.54, 1.807) is 25.3 Å². The summed E-state index contributed by atoms with van der Waals surface area (Å²) in [4.78, 5) is 0. The van der Waals surface area contributed by atoms with Gasteiger partial charge in [0.25, 0.3) is 0 Å². The maximum absolute atomic E-state index is 13.8. The van der Waals surface area contributed by atoms with Crippen molar-refractivity contribution in [2.24, 2.45) is 0 Å². The van der Waals surface area contributed by atoms with E-state index in [-0.39, 0.29) is 12.4 Å². The lowest BCUT2D eigenvalue weighted by molar-refractivity contribution is 0.276. The molecule has 0 atom stereocenters. The van der Waals surface area contributed by atoms with Crippen LogP contribution in [0.4, 0.5) is 10.1 Å². The molecule has 2 N–H and O–H groups in total. The second kappa shape index (κ2) is 8.87. The van der Waals surface area contributed by atoms with Gasteiger partial charge in [-0.05, 0) is 24.3 Å². The summed E-state index contributed by atoms with van der Waals surface area (Å²) in [7, 11) is 1.59. The molecule has 5 heteroatoms. The summed E-state index contributed by atoms with van der Waals surface area (Å²) in [5.41, 5.74) is 8.66. The van der Waals surface area contributed by atoms with E-state index in [9.17, 15) is 4.39 Å². The summed E-state index contributed by atoms with van der Waals surface area (Å²) < 4.78 is 25.1. The number of rotatable bonds is 8. The van der Waals surface area contributed by atoms with Crippen molar-refractivity contribution in [1.82, 2.24) is 5.43 Å². The molecule has 0 aliphatic heterocycles. The molecule has 0 spiro atoms. The second-order valence-corrected chi connectivity index (χ2v) is 5.67. The Balaban J connectivity index is 1.70. The number of hydrogen-bond acceptors (Lipinski definition) is 4. The second-order valence-electron chi connectivity index (χ2n) is 5.67. The van der Waals surface area contributed by atoms with Gasteiger partial charge in [0.1, 0.15) is 12.4 Å². The van der Waals surface area contributed by atoms with Gasteiger partial charge in [-0.25, -0.2) is 9.82 Å². The molecule has 0 amide bonds. The van der Waals surface area contributed by atoms with Crippen LogP contribution in [0.2, 0.25) is 0 Å². The third kappa shape index (κ3) is 4.52. The van der Waals surface area contributed by atoms with Gasteiger partial charge in [0, 0.05) is 23.4 Å². The predicted molar refractivity (Wildman–Crippen MR) is 101 cm³/mol. The van der Waals surface area contributed by atoms with Gasteiger partial charge in [-0.2, -0.15) is 0 Å². The van der Waals surface area contributed by atoms with Gasteiger partial charge < -0.3 is 14.9 Å². The monoisotopic (exact) mass is 352 g/mol. The molecule has 134 valence electrons. The largest absolute Gasteiger partial charge is 0.493 e. The normalized spacial score (nSPS) is 10.4. The van der Waals surface area contributed by atoms with Crippen molar-refractivity contribution >= 4 is 5.69 Å². The van der Waals surface area contributed by atoms with Gasteiger partial charge in [0.05, 0.1) is 7.11 Å². The highest BCUT2D eigenvalue weighted by Gasteiger charge is 2.12. The Morgan fingerprint density at radius 2 is 1.58 bits per heavy atom. The van der Waals surface area contributed by atoms with Crippen molar-refractivity contribution in [3.8, 4) is 11.5 Å². The van der Waals surface area contributed by atoms with E-state index in [1.807, 2.05) is 48.5 Å². The Labute approximate surface area is 152 Å². The minimum atomic E-state index is -0.284. The van der Waals surface area contributed by atoms with Crippen LogP contribution in [0.1, 0.15) is 11.1 Å². The number of methoxy groups -OCH3 is 1. The molecule has 0 bridgehead atoms. The van der Waals surface area contributed by atoms with Crippen LogP contribution < -0.4 is 20.3 Å². The van der Waals surface area contributed by atoms with Crippen molar-refractivity contribution in [2.75, 3.05) is 12.5 Å². The lowest BCUT2D eigenvalue weighted by Crippen LogP contribution is -2.21. The molecule has 26 heavy (non-hydrogen) atoms. The zero-order chi connectivity index (χ0) is 18.2. The molecular formula is C21H21FN2O2. The molecule has 0 saturated heterocycles. The molecule has 0 aliphatic carbocycles. The van der Waals surface area contributed by atoms with Crippen LogP contribution in [0, 0.1) is 5.82 Å². The topological polar surface area (TPSA) is 42.5 Å². The van der Waals surface area contributed by atoms with E-state index in [4.69, 9.17) is 9.47 Å². The third-order valence-electron chi connectivity index (χ3n) is 3.90. The molecule has 0 saturated carbocycles. The van der Waals surface area contributed by atoms with Crippen LogP contribution in [0.5, 0.6) is 11.5 Å². The SMILES string of the molecule is COc1cccc(CNNc2ccccc2)c1OCc1ccccc1F. The van der Waals surface area contributed by atoms with E-state index in [1.165, 1.54) is 6.07 Å². The van der Waals surface area contributed by atoms with E-state index >= 15 is 0 Å². The van der Waals surface area contributed by atoms with Crippen LogP contribution in [-0.2, 0) is 13.2 Å². The van der Waals surface area contributed by atoms with E-state index < -0.39 is 0 Å². The van der Waals surface area contributed by atoms with Crippen LogP contribution in [-0.4, -0.2) is 7.11 Å². The smallest absolute Gasteiger partial charge is 0.166 e. The molecule has 0 fully saturated rings. The molecule has 0 unspecified atom stereocenters. The average Bonchev–Trinajstić information content (AvgIpc) is 2.68. The highest BCUT2D eigenvalue weighted by molar-refractivity contribution is 5.47. The Morgan fingerprint density at radius 1 is 0.846 bits per heavy atom. The predicted octanol–water partition coefficient (Wildman–Crippen LogP) is 4.53. The van der Waals surface area contributed by atoms with Crippen molar-refractivity contribution in [3.05, 3.63) is 89.7 Å². The number of hydrogen-bond donors (Lipinski definition) is 2. The lowest BCUT2D eigenvalue weighted by Gasteiger charge is -2.16. The summed E-state index contributed by atoms with van der Waals surface area (Å²) in [5.74, 6) is 0.925. The van der Waals surface area contributed by atoms with Gasteiger partial charge in [0.15, 0.2) is 11.5 Å². The first-order valence-corrected chi connectivity index (χ1v) is 8.34. The zero-order valence-corrected chi connectivity index (χ0v) is 14.5. The Kier molecular flexibility index (Phi) is 6.06. The number of anilines is 1. The summed E-state index contributed by atoms with van der Waals surface area (Å²) in [6.45, 7) is 0.644. The first-order chi connectivity index (χ1) is 12.8. The molecule has 0 aromatic heterocycles. The molecule has 0 aliphatic rings. The quantitative estimate of drug-likeness (QED) is 0.585. The zero-order valence-electron chi connectivity index (χ0n) is 14.5. The highest BCUT2D eigenvalue weighted by Crippen LogP contribution is 2.32. The Bertz CT molecular complexity index is 840. The summed E-state index contributed by atoms with van der Waals surface area (Å²) >= 11 is 0. The number of nitrogens with one attached hydrogen (secondary N) is 2. The summed E-state index contributed by atoms with van der Waals surface area (Å²) in [5, 5.41) is 0. The lowest BCUT2D eigenvalue weighted by atomic mass is 10.1. The van der Waals surface area contributed by atoms with Gasteiger partial charge in [-0.15, -0.1) is 0 Å². The fourth-order valence-electron chi connectivity index (χ4n) is 2.55. The first kappa shape index (κ1) is 17.8. The van der Waals surface area contributed by atoms with E-state index in [0.29, 0.717) is 23.6 Å². The summed E-state index contributed by atoms with van der Waals surface area (Å²) in [6, 6.07) is 22.1. The van der Waals surface area contributed by atoms with Gasteiger partial charge >= 0.3 is 0 Å². The number of halogens is 1. The Hall–Kier alpha value is -3.05. The minimum Gasteiger partial charge on any atom is -0.493 e. The molecule has 0 heterocycles. The molecule has 3 aromatic carbocycles. The molecular weight excluding hydrogens is 331 g/mol. The average molecular weight is 352 g/mol. The van der Waals surface area contributed by atoms with Crippen LogP contribution in [0.3, 0.4) is 0 Å². The standard InChI is InChI=1S/C21H21FN2O2/c1-25-20-13-7-9-16(14-23-24-18-10-3-2-4-11-18)21(20)26-15-17-8-5-6-12-19(17)22/h2-13,23-24H,14-15H2,1H3. The summed E-state index contributed by atoms with van der Waals surface area (Å²) in [6.07, 6.45) is 0. The fourth-order valence-corrected chi connectivity index (χ4v) is 2.55. The molecule has 4 nitrogen and oxygen atoms in total. The van der Waals surface area contributed by atoms with E-state index in [0.717, 1.165) is 11.3 Å². The third-order valence-corrected chi connectivity index (χ3v) is 3.90. The molecule has 0 radical (unpaired) electrons. The van der Waals surface area contributed by atoms with Crippen molar-refractivity contribution in [3.63, 3.8) is 0 Å². The van der Waals surface area contributed by atoms with Crippen LogP contribution in [0.15, 0.2) is 72.8 Å². The number of hydrazine groups is 1. The number of para-hydroxylation sites is 2. The van der Waals surface area contributed by atoms with E-state index in [2.05, 4.69) is 10.9 Å². The number of ether oxygens (including phenoxy) is 2. The van der Waals surface area contributed by atoms with Crippen molar-refractivity contribution < 1.29 is 13.9 Å². The number of benzene rings is 3. The van der Waals surface area contributed by atoms with Crippen LogP contribution >= 0.6 is 0 Å². The van der Waals surface area contributed by atoms with Gasteiger partial charge in [-0.1, -0.05) is 48.5 Å². The maximum atomic E-state index is 13.8. The van der Waals surface area contributed by atoms with Gasteiger partial charge in [-0.3, -0.25) is 0 Å². The highest BCUT2D eigenvalue weighted by atomic mass is 19.1. The van der Waals surface area contributed by atoms with Crippen molar-refractivity contribution in [1.29, 1.82) is 0 Å². The molecule has 3 rings (SSSR count). The fraction of sp³-hybridized carbons (Fsp3) is 0.143. The van der Waals surface area contributed by atoms with Crippen LogP contribution in [0.25, 0.3) is 0 Å². The van der Waals surface area contributed by atoms with Crippen molar-refractivity contribution in [2.45, 2.75) is 13.2 Å².